The Morgan fingerprint density at radius 3 is 2.24 bits per heavy atom. The number of esters is 4. The molecule has 1 saturated heterocycles. The molecule has 2 aliphatic heterocycles. The Morgan fingerprint density at radius 2 is 1.57 bits per heavy atom. The third-order valence-corrected chi connectivity index (χ3v) is 7.78. The van der Waals surface area contributed by atoms with E-state index in [1.807, 2.05) is 18.2 Å². The molecule has 0 amide bonds. The number of carbonyl (C=O) groups excluding carboxylic acids is 4. The van der Waals surface area contributed by atoms with Crippen molar-refractivity contribution in [2.75, 3.05) is 20.7 Å². The Kier molecular flexibility index (Phi) is 8.11. The predicted octanol–water partition coefficient (Wildman–Crippen LogP) is 2.22. The van der Waals surface area contributed by atoms with Gasteiger partial charge in [0.15, 0.2) is 29.8 Å². The zero-order valence-corrected chi connectivity index (χ0v) is 23.9. The van der Waals surface area contributed by atoms with Gasteiger partial charge in [0.25, 0.3) is 0 Å². The van der Waals surface area contributed by atoms with E-state index < -0.39 is 54.6 Å². The summed E-state index contributed by atoms with van der Waals surface area (Å²) >= 11 is 0. The van der Waals surface area contributed by atoms with Crippen molar-refractivity contribution in [3.05, 3.63) is 47.0 Å². The molecule has 12 nitrogen and oxygen atoms in total. The number of carbonyl (C=O) groups is 4. The molecule has 2 aromatic carbocycles. The number of fused-ring (bicyclic) bond motifs is 2. The lowest BCUT2D eigenvalue weighted by atomic mass is 9.77. The van der Waals surface area contributed by atoms with Crippen LogP contribution in [0.5, 0.6) is 11.5 Å². The Hall–Kier alpha value is -4.16. The van der Waals surface area contributed by atoms with Gasteiger partial charge in [0.05, 0.1) is 7.11 Å². The lowest BCUT2D eigenvalue weighted by molar-refractivity contribution is -0.282. The van der Waals surface area contributed by atoms with Crippen molar-refractivity contribution >= 4 is 23.9 Å². The summed E-state index contributed by atoms with van der Waals surface area (Å²) in [5, 5.41) is 11.6. The molecule has 42 heavy (non-hydrogen) atoms. The van der Waals surface area contributed by atoms with Crippen LogP contribution in [0.15, 0.2) is 30.3 Å². The van der Waals surface area contributed by atoms with Crippen LogP contribution in [0.3, 0.4) is 0 Å². The van der Waals surface area contributed by atoms with Gasteiger partial charge in [0.2, 0.25) is 12.4 Å². The molecule has 5 rings (SSSR count). The summed E-state index contributed by atoms with van der Waals surface area (Å²) in [6.07, 6.45) is -6.14. The summed E-state index contributed by atoms with van der Waals surface area (Å²) in [6.45, 7) is 4.25. The maximum Gasteiger partial charge on any atom is 0.339 e. The molecule has 1 N–H and O–H groups in total. The number of aromatic hydroxyl groups is 1. The molecule has 2 aromatic rings. The zero-order chi connectivity index (χ0) is 30.3. The first-order chi connectivity index (χ1) is 20.0. The van der Waals surface area contributed by atoms with E-state index in [0.29, 0.717) is 12.0 Å². The number of ether oxygens (including phenoxy) is 6. The fraction of sp³-hybridized carbons (Fsp3) is 0.467. The average Bonchev–Trinajstić information content (AvgIpc) is 2.93. The van der Waals surface area contributed by atoms with Gasteiger partial charge in [-0.05, 0) is 48.2 Å². The van der Waals surface area contributed by atoms with Crippen molar-refractivity contribution in [1.29, 1.82) is 0 Å². The van der Waals surface area contributed by atoms with Gasteiger partial charge in [-0.3, -0.25) is 19.3 Å². The fourth-order valence-corrected chi connectivity index (χ4v) is 6.06. The molecule has 1 aliphatic carbocycles. The number of nitrogens with zero attached hydrogens (tertiary/aromatic N) is 1. The van der Waals surface area contributed by atoms with Crippen LogP contribution in [-0.4, -0.2) is 85.3 Å². The molecular weight excluding hydrogens is 550 g/mol. The van der Waals surface area contributed by atoms with Crippen molar-refractivity contribution in [2.45, 2.75) is 70.4 Å². The molecule has 0 spiro atoms. The molecular formula is C30H33NO11. The van der Waals surface area contributed by atoms with E-state index in [4.69, 9.17) is 28.4 Å². The molecule has 12 heteroatoms. The first kappa shape index (κ1) is 29.3. The fourth-order valence-electron chi connectivity index (χ4n) is 6.06. The van der Waals surface area contributed by atoms with Gasteiger partial charge < -0.3 is 33.5 Å². The highest BCUT2D eigenvalue weighted by Crippen LogP contribution is 2.50. The third-order valence-electron chi connectivity index (χ3n) is 7.78. The molecule has 3 aliphatic rings. The monoisotopic (exact) mass is 583 g/mol. The van der Waals surface area contributed by atoms with Crippen LogP contribution in [0.25, 0.3) is 11.1 Å². The second-order valence-corrected chi connectivity index (χ2v) is 10.6. The average molecular weight is 584 g/mol. The topological polar surface area (TPSA) is 147 Å². The number of likely N-dealkylation sites (N-methyl/N-ethyl adjacent to an activating group) is 1. The van der Waals surface area contributed by atoms with Gasteiger partial charge >= 0.3 is 23.9 Å². The third kappa shape index (κ3) is 5.39. The number of hydrogen-bond acceptors (Lipinski definition) is 12. The van der Waals surface area contributed by atoms with Crippen LogP contribution >= 0.6 is 0 Å². The van der Waals surface area contributed by atoms with E-state index in [2.05, 4.69) is 18.0 Å². The summed E-state index contributed by atoms with van der Waals surface area (Å²) in [4.78, 5) is 51.2. The molecule has 0 bridgehead atoms. The zero-order valence-electron chi connectivity index (χ0n) is 23.9. The number of rotatable bonds is 6. The number of phenols is 1. The molecule has 1 fully saturated rings. The summed E-state index contributed by atoms with van der Waals surface area (Å²) < 4.78 is 32.9. The highest BCUT2D eigenvalue weighted by molar-refractivity contribution is 5.82. The van der Waals surface area contributed by atoms with E-state index in [1.54, 1.807) is 6.07 Å². The Bertz CT molecular complexity index is 1420. The van der Waals surface area contributed by atoms with Gasteiger partial charge in [-0.15, -0.1) is 0 Å². The summed E-state index contributed by atoms with van der Waals surface area (Å²) in [7, 11) is 3.19. The molecule has 0 aromatic heterocycles. The summed E-state index contributed by atoms with van der Waals surface area (Å²) in [5.74, 6) is -3.53. The minimum Gasteiger partial charge on any atom is -0.504 e. The van der Waals surface area contributed by atoms with Gasteiger partial charge in [-0.1, -0.05) is 24.3 Å². The summed E-state index contributed by atoms with van der Waals surface area (Å²) in [5.41, 5.74) is 4.79. The first-order valence-corrected chi connectivity index (χ1v) is 13.6. The number of hydrogen-bond donors (Lipinski definition) is 1. The molecule has 6 atom stereocenters. The van der Waals surface area contributed by atoms with E-state index in [-0.39, 0.29) is 17.5 Å². The van der Waals surface area contributed by atoms with E-state index in [1.165, 1.54) is 5.56 Å². The van der Waals surface area contributed by atoms with Crippen molar-refractivity contribution < 1.29 is 52.7 Å². The van der Waals surface area contributed by atoms with Crippen LogP contribution in [0.2, 0.25) is 0 Å². The Balaban J connectivity index is 1.56. The lowest BCUT2D eigenvalue weighted by Gasteiger charge is -2.43. The van der Waals surface area contributed by atoms with Crippen molar-refractivity contribution in [1.82, 2.24) is 4.90 Å². The minimum absolute atomic E-state index is 0.0211. The standard InChI is InChI=1S/C30H33NO11/c1-14(32)38-25-26(39-15(2)33)28(40-16(3)34)30(42-27(25)29(36)37-5)41-21-10-9-18-13-20-22-17(11-12-31(20)4)7-6-8-19(22)23(18)24(21)35/h6-10,20,25-28,30,35H,11-13H2,1-5H3/t20-,25+,26+,27+,28-,30-/m1/s1. The molecule has 224 valence electrons. The SMILES string of the molecule is COC(=O)[C@H]1O[C@@H](Oc2ccc3c(c2O)-c2cccc4c2[C@@H](C3)N(C)CC4)[C@H](OC(C)=O)[C@@H](OC(C)=O)[C@@H]1OC(C)=O. The lowest BCUT2D eigenvalue weighted by Crippen LogP contribution is -2.64. The van der Waals surface area contributed by atoms with E-state index in [0.717, 1.165) is 57.5 Å². The summed E-state index contributed by atoms with van der Waals surface area (Å²) in [6, 6.07) is 9.59. The number of phenolic OH excluding ortho intramolecular Hbond substituents is 1. The maximum absolute atomic E-state index is 12.7. The second-order valence-electron chi connectivity index (χ2n) is 10.6. The highest BCUT2D eigenvalue weighted by Gasteiger charge is 2.56. The largest absolute Gasteiger partial charge is 0.504 e. The van der Waals surface area contributed by atoms with Crippen molar-refractivity contribution in [3.63, 3.8) is 0 Å². The van der Waals surface area contributed by atoms with Crippen LogP contribution in [0.1, 0.15) is 43.5 Å². The van der Waals surface area contributed by atoms with Crippen LogP contribution in [0.4, 0.5) is 0 Å². The molecule has 2 heterocycles. The van der Waals surface area contributed by atoms with Gasteiger partial charge in [-0.25, -0.2) is 4.79 Å². The minimum atomic E-state index is -1.61. The van der Waals surface area contributed by atoms with Gasteiger partial charge in [0.1, 0.15) is 0 Å². The van der Waals surface area contributed by atoms with Crippen molar-refractivity contribution in [2.24, 2.45) is 0 Å². The predicted molar refractivity (Wildman–Crippen MR) is 144 cm³/mol. The quantitative estimate of drug-likeness (QED) is 0.393. The van der Waals surface area contributed by atoms with E-state index in [9.17, 15) is 24.3 Å². The first-order valence-electron chi connectivity index (χ1n) is 13.6. The molecule has 0 saturated carbocycles. The smallest absolute Gasteiger partial charge is 0.339 e. The number of methoxy groups -OCH3 is 1. The van der Waals surface area contributed by atoms with Gasteiger partial charge in [-0.2, -0.15) is 0 Å². The highest BCUT2D eigenvalue weighted by atomic mass is 16.7. The van der Waals surface area contributed by atoms with Crippen LogP contribution in [0, 0.1) is 0 Å². The van der Waals surface area contributed by atoms with Crippen molar-refractivity contribution in [3.8, 4) is 22.6 Å². The van der Waals surface area contributed by atoms with E-state index >= 15 is 0 Å². The van der Waals surface area contributed by atoms with Crippen LogP contribution < -0.4 is 4.74 Å². The molecule has 0 unspecified atom stereocenters. The van der Waals surface area contributed by atoms with Crippen LogP contribution in [-0.2, 0) is 55.7 Å². The second kappa shape index (κ2) is 11.6. The van der Waals surface area contributed by atoms with Gasteiger partial charge in [0, 0.05) is 38.9 Å². The Morgan fingerprint density at radius 1 is 0.905 bits per heavy atom. The molecule has 0 radical (unpaired) electrons. The Labute approximate surface area is 242 Å². The normalized spacial score (nSPS) is 26.2. The maximum atomic E-state index is 12.7. The number of benzene rings is 2.